The molecule has 7 nitrogen and oxygen atoms in total. The van der Waals surface area contributed by atoms with Gasteiger partial charge in [0.1, 0.15) is 5.69 Å². The first-order valence-corrected chi connectivity index (χ1v) is 6.98. The highest BCUT2D eigenvalue weighted by Gasteiger charge is 2.22. The fourth-order valence-electron chi connectivity index (χ4n) is 2.18. The summed E-state index contributed by atoms with van der Waals surface area (Å²) in [6, 6.07) is 3.18. The van der Waals surface area contributed by atoms with Gasteiger partial charge in [-0.1, -0.05) is 0 Å². The highest BCUT2D eigenvalue weighted by molar-refractivity contribution is 5.87. The molecule has 0 radical (unpaired) electrons. The number of nitrogens with zero attached hydrogens (tertiary/aromatic N) is 1. The third kappa shape index (κ3) is 4.05. The van der Waals surface area contributed by atoms with E-state index in [1.165, 1.54) is 7.11 Å². The van der Waals surface area contributed by atoms with Gasteiger partial charge in [-0.25, -0.2) is 4.79 Å². The quantitative estimate of drug-likeness (QED) is 0.755. The number of nitrogens with one attached hydrogen (secondary N) is 2. The van der Waals surface area contributed by atoms with Gasteiger partial charge in [-0.15, -0.1) is 0 Å². The maximum absolute atomic E-state index is 12.2. The van der Waals surface area contributed by atoms with Crippen LogP contribution in [-0.4, -0.2) is 61.2 Å². The van der Waals surface area contributed by atoms with Crippen LogP contribution in [0.15, 0.2) is 12.1 Å². The van der Waals surface area contributed by atoms with Gasteiger partial charge in [-0.3, -0.25) is 4.79 Å². The molecule has 0 aliphatic carbocycles. The number of amides is 1. The largest absolute Gasteiger partial charge is 0.464 e. The van der Waals surface area contributed by atoms with Crippen LogP contribution in [0.25, 0.3) is 0 Å². The summed E-state index contributed by atoms with van der Waals surface area (Å²) in [5.41, 5.74) is 1.23. The summed E-state index contributed by atoms with van der Waals surface area (Å²) >= 11 is 0. The highest BCUT2D eigenvalue weighted by atomic mass is 16.5. The van der Waals surface area contributed by atoms with E-state index in [4.69, 9.17) is 4.74 Å². The third-order valence-electron chi connectivity index (χ3n) is 3.44. The summed E-state index contributed by atoms with van der Waals surface area (Å²) in [6.07, 6.45) is 0. The zero-order valence-electron chi connectivity index (χ0n) is 12.3. The van der Waals surface area contributed by atoms with E-state index >= 15 is 0 Å². The number of morpholine rings is 1. The van der Waals surface area contributed by atoms with Gasteiger partial charge in [0.25, 0.3) is 0 Å². The molecule has 2 heterocycles. The van der Waals surface area contributed by atoms with E-state index in [0.29, 0.717) is 38.5 Å². The number of hydrogen-bond donors (Lipinski definition) is 2. The first kappa shape index (κ1) is 15.5. The highest BCUT2D eigenvalue weighted by Crippen LogP contribution is 2.05. The van der Waals surface area contributed by atoms with Crippen LogP contribution < -0.4 is 5.32 Å². The van der Waals surface area contributed by atoms with Crippen molar-refractivity contribution in [3.8, 4) is 0 Å². The summed E-state index contributed by atoms with van der Waals surface area (Å²) in [4.78, 5) is 28.3. The van der Waals surface area contributed by atoms with Gasteiger partial charge < -0.3 is 24.7 Å². The average Bonchev–Trinajstić information content (AvgIpc) is 3.01. The fourth-order valence-corrected chi connectivity index (χ4v) is 2.18. The molecular formula is C14H21N3O4. The topological polar surface area (TPSA) is 83.7 Å². The molecule has 1 amide bonds. The van der Waals surface area contributed by atoms with Crippen LogP contribution in [0.2, 0.25) is 0 Å². The van der Waals surface area contributed by atoms with Crippen molar-refractivity contribution in [2.75, 3.05) is 33.4 Å². The lowest BCUT2D eigenvalue weighted by atomic mass is 10.2. The predicted octanol–water partition coefficient (Wildman–Crippen LogP) is 0.138. The van der Waals surface area contributed by atoms with Crippen molar-refractivity contribution in [1.29, 1.82) is 0 Å². The Labute approximate surface area is 123 Å². The van der Waals surface area contributed by atoms with E-state index in [0.717, 1.165) is 5.69 Å². The average molecular weight is 295 g/mol. The van der Waals surface area contributed by atoms with E-state index in [-0.39, 0.29) is 11.9 Å². The smallest absolute Gasteiger partial charge is 0.354 e. The lowest BCUT2D eigenvalue weighted by Crippen LogP contribution is -2.49. The zero-order valence-corrected chi connectivity index (χ0v) is 12.3. The zero-order chi connectivity index (χ0) is 15.2. The Balaban J connectivity index is 1.82. The Morgan fingerprint density at radius 2 is 2.14 bits per heavy atom. The number of rotatable bonds is 5. The Hall–Kier alpha value is -1.86. The molecule has 0 saturated carbocycles. The summed E-state index contributed by atoms with van der Waals surface area (Å²) in [5, 5.41) is 3.15. The number of carbonyl (C=O) groups is 2. The Kier molecular flexibility index (Phi) is 5.35. The number of esters is 1. The molecule has 1 aliphatic rings. The number of aromatic amines is 1. The molecule has 0 spiro atoms. The maximum Gasteiger partial charge on any atom is 0.354 e. The van der Waals surface area contributed by atoms with E-state index in [9.17, 15) is 9.59 Å². The fraction of sp³-hybridized carbons (Fsp3) is 0.571. The Morgan fingerprint density at radius 3 is 2.81 bits per heavy atom. The summed E-state index contributed by atoms with van der Waals surface area (Å²) in [7, 11) is 1.34. The summed E-state index contributed by atoms with van der Waals surface area (Å²) in [6.45, 7) is 4.78. The van der Waals surface area contributed by atoms with Crippen LogP contribution in [0.1, 0.15) is 23.1 Å². The SMILES string of the molecule is COC(=O)c1ccc(CNC(C)C(=O)N2CCOCC2)[nH]1. The third-order valence-corrected chi connectivity index (χ3v) is 3.44. The van der Waals surface area contributed by atoms with Gasteiger partial charge >= 0.3 is 5.97 Å². The van der Waals surface area contributed by atoms with Crippen LogP contribution in [0.5, 0.6) is 0 Å². The minimum Gasteiger partial charge on any atom is -0.464 e. The van der Waals surface area contributed by atoms with Crippen molar-refractivity contribution < 1.29 is 19.1 Å². The first-order valence-electron chi connectivity index (χ1n) is 6.98. The van der Waals surface area contributed by atoms with Crippen LogP contribution >= 0.6 is 0 Å². The normalized spacial score (nSPS) is 16.6. The molecule has 7 heteroatoms. The van der Waals surface area contributed by atoms with E-state index < -0.39 is 5.97 Å². The minimum atomic E-state index is -0.404. The van der Waals surface area contributed by atoms with E-state index in [2.05, 4.69) is 15.0 Å². The molecule has 2 rings (SSSR count). The van der Waals surface area contributed by atoms with Crippen molar-refractivity contribution in [2.24, 2.45) is 0 Å². The first-order chi connectivity index (χ1) is 10.1. The van der Waals surface area contributed by atoms with E-state index in [1.807, 2.05) is 6.92 Å². The van der Waals surface area contributed by atoms with Crippen molar-refractivity contribution >= 4 is 11.9 Å². The second-order valence-corrected chi connectivity index (χ2v) is 4.93. The number of methoxy groups -OCH3 is 1. The lowest BCUT2D eigenvalue weighted by Gasteiger charge is -2.29. The molecule has 2 N–H and O–H groups in total. The summed E-state index contributed by atoms with van der Waals surface area (Å²) in [5.74, 6) is -0.336. The van der Waals surface area contributed by atoms with Gasteiger partial charge in [0.15, 0.2) is 0 Å². The lowest BCUT2D eigenvalue weighted by molar-refractivity contribution is -0.137. The Bertz CT molecular complexity index is 494. The Morgan fingerprint density at radius 1 is 1.43 bits per heavy atom. The van der Waals surface area contributed by atoms with Crippen molar-refractivity contribution in [3.05, 3.63) is 23.5 Å². The minimum absolute atomic E-state index is 0.0676. The number of ether oxygens (including phenoxy) is 2. The maximum atomic E-state index is 12.2. The second-order valence-electron chi connectivity index (χ2n) is 4.93. The van der Waals surface area contributed by atoms with Gasteiger partial charge in [0.05, 0.1) is 26.4 Å². The predicted molar refractivity (Wildman–Crippen MR) is 75.8 cm³/mol. The number of H-pyrrole nitrogens is 1. The van der Waals surface area contributed by atoms with Gasteiger partial charge in [0.2, 0.25) is 5.91 Å². The molecule has 1 unspecified atom stereocenters. The molecule has 0 bridgehead atoms. The molecule has 21 heavy (non-hydrogen) atoms. The molecule has 1 saturated heterocycles. The standard InChI is InChI=1S/C14H21N3O4/c1-10(13(18)17-5-7-21-8-6-17)15-9-11-3-4-12(16-11)14(19)20-2/h3-4,10,15-16H,5-9H2,1-2H3. The molecule has 0 aromatic carbocycles. The van der Waals surface area contributed by atoms with Gasteiger partial charge in [-0.2, -0.15) is 0 Å². The second kappa shape index (κ2) is 7.24. The monoisotopic (exact) mass is 295 g/mol. The van der Waals surface area contributed by atoms with Crippen LogP contribution in [0, 0.1) is 0 Å². The number of aromatic nitrogens is 1. The van der Waals surface area contributed by atoms with E-state index in [1.54, 1.807) is 17.0 Å². The molecule has 1 aromatic rings. The molecule has 1 fully saturated rings. The van der Waals surface area contributed by atoms with Gasteiger partial charge in [0, 0.05) is 25.3 Å². The molecule has 1 atom stereocenters. The van der Waals surface area contributed by atoms with Crippen LogP contribution in [-0.2, 0) is 20.8 Å². The van der Waals surface area contributed by atoms with Crippen molar-refractivity contribution in [2.45, 2.75) is 19.5 Å². The van der Waals surface area contributed by atoms with Gasteiger partial charge in [-0.05, 0) is 19.1 Å². The molecular weight excluding hydrogens is 274 g/mol. The summed E-state index contributed by atoms with van der Waals surface area (Å²) < 4.78 is 9.86. The van der Waals surface area contributed by atoms with Crippen LogP contribution in [0.4, 0.5) is 0 Å². The van der Waals surface area contributed by atoms with Crippen molar-refractivity contribution in [3.63, 3.8) is 0 Å². The van der Waals surface area contributed by atoms with Crippen molar-refractivity contribution in [1.82, 2.24) is 15.2 Å². The van der Waals surface area contributed by atoms with Crippen LogP contribution in [0.3, 0.4) is 0 Å². The molecule has 1 aliphatic heterocycles. The molecule has 1 aromatic heterocycles. The number of hydrogen-bond acceptors (Lipinski definition) is 5. The number of carbonyl (C=O) groups excluding carboxylic acids is 2. The molecule has 116 valence electrons.